The number of likely N-dealkylation sites (N-methyl/N-ethyl adjacent to an activating group) is 1. The SMILES string of the molecule is CCNC(=O)[C@H](Cc1ccccc1)N(Cc1cccc(OC)c1)C(=O)CN(c1ccc(C)c(Cl)c1)S(=O)(=O)c1ccc(C)cc1. The minimum absolute atomic E-state index is 0.0292. The van der Waals surface area contributed by atoms with E-state index in [4.69, 9.17) is 16.3 Å². The van der Waals surface area contributed by atoms with Crippen LogP contribution in [0, 0.1) is 13.8 Å². The number of carbonyl (C=O) groups is 2. The van der Waals surface area contributed by atoms with E-state index < -0.39 is 28.5 Å². The zero-order valence-electron chi connectivity index (χ0n) is 25.9. The molecule has 0 spiro atoms. The van der Waals surface area contributed by atoms with E-state index in [0.717, 1.165) is 26.6 Å². The van der Waals surface area contributed by atoms with Gasteiger partial charge in [0.1, 0.15) is 18.3 Å². The summed E-state index contributed by atoms with van der Waals surface area (Å²) in [5.74, 6) is -0.309. The number of hydrogen-bond acceptors (Lipinski definition) is 5. The average molecular weight is 648 g/mol. The molecular weight excluding hydrogens is 610 g/mol. The molecule has 45 heavy (non-hydrogen) atoms. The molecule has 1 N–H and O–H groups in total. The van der Waals surface area contributed by atoms with Crippen molar-refractivity contribution in [2.24, 2.45) is 0 Å². The molecule has 0 saturated heterocycles. The van der Waals surface area contributed by atoms with Gasteiger partial charge in [-0.1, -0.05) is 77.8 Å². The minimum Gasteiger partial charge on any atom is -0.497 e. The third-order valence-corrected chi connectivity index (χ3v) is 9.64. The van der Waals surface area contributed by atoms with E-state index in [1.807, 2.05) is 57.2 Å². The van der Waals surface area contributed by atoms with Gasteiger partial charge in [-0.15, -0.1) is 0 Å². The van der Waals surface area contributed by atoms with E-state index >= 15 is 0 Å². The Kier molecular flexibility index (Phi) is 11.3. The first kappa shape index (κ1) is 33.6. The van der Waals surface area contributed by atoms with Crippen LogP contribution in [0.25, 0.3) is 0 Å². The Balaban J connectivity index is 1.82. The Hall–Kier alpha value is -4.34. The number of sulfonamides is 1. The number of nitrogens with one attached hydrogen (secondary N) is 1. The lowest BCUT2D eigenvalue weighted by atomic mass is 10.0. The highest BCUT2D eigenvalue weighted by atomic mass is 35.5. The molecule has 4 aromatic rings. The zero-order chi connectivity index (χ0) is 32.6. The van der Waals surface area contributed by atoms with Gasteiger partial charge in [-0.3, -0.25) is 13.9 Å². The van der Waals surface area contributed by atoms with Gasteiger partial charge < -0.3 is 15.0 Å². The van der Waals surface area contributed by atoms with Crippen molar-refractivity contribution in [1.82, 2.24) is 10.2 Å². The highest BCUT2D eigenvalue weighted by Crippen LogP contribution is 2.29. The van der Waals surface area contributed by atoms with Crippen LogP contribution in [0.3, 0.4) is 0 Å². The van der Waals surface area contributed by atoms with Crippen molar-refractivity contribution in [2.45, 2.75) is 44.7 Å². The van der Waals surface area contributed by atoms with Crippen LogP contribution < -0.4 is 14.4 Å². The molecule has 0 aromatic heterocycles. The lowest BCUT2D eigenvalue weighted by Crippen LogP contribution is -2.53. The topological polar surface area (TPSA) is 96.0 Å². The summed E-state index contributed by atoms with van der Waals surface area (Å²) in [6, 6.07) is 27.0. The second-order valence-electron chi connectivity index (χ2n) is 10.7. The maximum atomic E-state index is 14.5. The number of ether oxygens (including phenoxy) is 1. The van der Waals surface area contributed by atoms with Gasteiger partial charge in [-0.25, -0.2) is 8.42 Å². The molecule has 4 aromatic carbocycles. The van der Waals surface area contributed by atoms with Crippen LogP contribution in [-0.2, 0) is 32.6 Å². The second-order valence-corrected chi connectivity index (χ2v) is 13.0. The maximum Gasteiger partial charge on any atom is 0.264 e. The Labute approximate surface area is 270 Å². The summed E-state index contributed by atoms with van der Waals surface area (Å²) >= 11 is 6.45. The summed E-state index contributed by atoms with van der Waals surface area (Å²) in [4.78, 5) is 29.6. The van der Waals surface area contributed by atoms with Gasteiger partial charge in [0.2, 0.25) is 11.8 Å². The van der Waals surface area contributed by atoms with Crippen LogP contribution in [0.2, 0.25) is 5.02 Å². The van der Waals surface area contributed by atoms with Crippen molar-refractivity contribution < 1.29 is 22.7 Å². The first-order valence-corrected chi connectivity index (χ1v) is 16.4. The zero-order valence-corrected chi connectivity index (χ0v) is 27.4. The van der Waals surface area contributed by atoms with Crippen LogP contribution in [0.1, 0.15) is 29.2 Å². The maximum absolute atomic E-state index is 14.5. The first-order valence-electron chi connectivity index (χ1n) is 14.6. The van der Waals surface area contributed by atoms with Crippen LogP contribution in [0.4, 0.5) is 5.69 Å². The standard InChI is InChI=1S/C35H38ClN3O5S/c1-5-37-35(41)33(21-27-10-7-6-8-11-27)38(23-28-12-9-13-30(20-28)44-4)34(40)24-39(29-17-16-26(3)32(36)22-29)45(42,43)31-18-14-25(2)15-19-31/h6-20,22,33H,5,21,23-24H2,1-4H3,(H,37,41)/t33-/m0/s1. The number of methoxy groups -OCH3 is 1. The molecule has 1 atom stereocenters. The van der Waals surface area contributed by atoms with E-state index in [1.165, 1.54) is 23.1 Å². The third-order valence-electron chi connectivity index (χ3n) is 7.44. The van der Waals surface area contributed by atoms with Gasteiger partial charge in [0, 0.05) is 24.5 Å². The van der Waals surface area contributed by atoms with Crippen LogP contribution in [0.15, 0.2) is 102 Å². The summed E-state index contributed by atoms with van der Waals surface area (Å²) < 4.78 is 34.8. The number of carbonyl (C=O) groups excluding carboxylic acids is 2. The molecule has 0 aliphatic rings. The predicted molar refractivity (Wildman–Crippen MR) is 178 cm³/mol. The molecule has 0 unspecified atom stereocenters. The number of nitrogens with zero attached hydrogens (tertiary/aromatic N) is 2. The number of aryl methyl sites for hydroxylation is 2. The molecular formula is C35H38ClN3O5S. The van der Waals surface area contributed by atoms with Crippen LogP contribution in [0.5, 0.6) is 5.75 Å². The molecule has 0 heterocycles. The van der Waals surface area contributed by atoms with Crippen molar-refractivity contribution in [3.63, 3.8) is 0 Å². The number of hydrogen-bond donors (Lipinski definition) is 1. The fourth-order valence-electron chi connectivity index (χ4n) is 4.92. The smallest absolute Gasteiger partial charge is 0.264 e. The average Bonchev–Trinajstić information content (AvgIpc) is 3.03. The van der Waals surface area contributed by atoms with Crippen molar-refractivity contribution >= 4 is 39.1 Å². The Morgan fingerprint density at radius 3 is 2.22 bits per heavy atom. The summed E-state index contributed by atoms with van der Waals surface area (Å²) in [6.07, 6.45) is 0.226. The van der Waals surface area contributed by atoms with E-state index in [0.29, 0.717) is 17.3 Å². The molecule has 8 nitrogen and oxygen atoms in total. The van der Waals surface area contributed by atoms with Crippen molar-refractivity contribution in [3.05, 3.63) is 124 Å². The number of amides is 2. The van der Waals surface area contributed by atoms with Gasteiger partial charge in [0.25, 0.3) is 10.0 Å². The number of rotatable bonds is 13. The summed E-state index contributed by atoms with van der Waals surface area (Å²) in [5.41, 5.74) is 3.46. The number of halogens is 1. The predicted octanol–water partition coefficient (Wildman–Crippen LogP) is 5.94. The summed E-state index contributed by atoms with van der Waals surface area (Å²) in [5, 5.41) is 3.23. The summed E-state index contributed by atoms with van der Waals surface area (Å²) in [6.45, 7) is 5.32. The lowest BCUT2D eigenvalue weighted by molar-refractivity contribution is -0.140. The largest absolute Gasteiger partial charge is 0.497 e. The van der Waals surface area contributed by atoms with Gasteiger partial charge >= 0.3 is 0 Å². The molecule has 0 radical (unpaired) electrons. The van der Waals surface area contributed by atoms with Gasteiger partial charge in [-0.2, -0.15) is 0 Å². The number of anilines is 1. The molecule has 0 saturated carbocycles. The normalized spacial score (nSPS) is 11.8. The number of benzene rings is 4. The van der Waals surface area contributed by atoms with Gasteiger partial charge in [0.05, 0.1) is 17.7 Å². The Morgan fingerprint density at radius 1 is 0.889 bits per heavy atom. The first-order chi connectivity index (χ1) is 21.5. The molecule has 10 heteroatoms. The fourth-order valence-corrected chi connectivity index (χ4v) is 6.50. The van der Waals surface area contributed by atoms with Crippen molar-refractivity contribution in [2.75, 3.05) is 24.5 Å². The monoisotopic (exact) mass is 647 g/mol. The molecule has 4 rings (SSSR count). The van der Waals surface area contributed by atoms with E-state index in [9.17, 15) is 18.0 Å². The molecule has 0 aliphatic carbocycles. The van der Waals surface area contributed by atoms with E-state index in [-0.39, 0.29) is 29.5 Å². The third kappa shape index (κ3) is 8.44. The minimum atomic E-state index is -4.22. The van der Waals surface area contributed by atoms with Crippen molar-refractivity contribution in [3.8, 4) is 5.75 Å². The Morgan fingerprint density at radius 2 is 1.58 bits per heavy atom. The molecule has 2 amide bonds. The summed E-state index contributed by atoms with van der Waals surface area (Å²) in [7, 11) is -2.67. The molecule has 0 aliphatic heterocycles. The second kappa shape index (κ2) is 15.1. The Bertz CT molecular complexity index is 1730. The highest BCUT2D eigenvalue weighted by molar-refractivity contribution is 7.92. The van der Waals surface area contributed by atoms with Crippen molar-refractivity contribution in [1.29, 1.82) is 0 Å². The molecule has 236 valence electrons. The van der Waals surface area contributed by atoms with E-state index in [2.05, 4.69) is 5.32 Å². The molecule has 0 bridgehead atoms. The highest BCUT2D eigenvalue weighted by Gasteiger charge is 2.34. The van der Waals surface area contributed by atoms with Gasteiger partial charge in [0.15, 0.2) is 0 Å². The lowest BCUT2D eigenvalue weighted by Gasteiger charge is -2.34. The quantitative estimate of drug-likeness (QED) is 0.194. The van der Waals surface area contributed by atoms with Crippen LogP contribution in [-0.4, -0.2) is 51.4 Å². The van der Waals surface area contributed by atoms with Crippen LogP contribution >= 0.6 is 11.6 Å². The fraction of sp³-hybridized carbons (Fsp3) is 0.257. The van der Waals surface area contributed by atoms with Gasteiger partial charge in [-0.05, 0) is 73.9 Å². The molecule has 0 fully saturated rings. The van der Waals surface area contributed by atoms with E-state index in [1.54, 1.807) is 49.6 Å².